The van der Waals surface area contributed by atoms with Crippen LogP contribution in [0.4, 0.5) is 0 Å². The van der Waals surface area contributed by atoms with E-state index >= 15 is 0 Å². The van der Waals surface area contributed by atoms with Crippen molar-refractivity contribution in [3.8, 4) is 0 Å². The number of benzene rings is 1. The number of ether oxygens (including phenoxy) is 1. The Morgan fingerprint density at radius 3 is 2.36 bits per heavy atom. The zero-order valence-corrected chi connectivity index (χ0v) is 15.2. The molecule has 0 saturated heterocycles. The van der Waals surface area contributed by atoms with Gasteiger partial charge >= 0.3 is 5.97 Å². The number of amides is 1. The van der Waals surface area contributed by atoms with Crippen LogP contribution in [0.2, 0.25) is 0 Å². The fourth-order valence-electron chi connectivity index (χ4n) is 2.45. The molecule has 25 heavy (non-hydrogen) atoms. The lowest BCUT2D eigenvalue weighted by Gasteiger charge is -2.25. The molecule has 0 aliphatic carbocycles. The molecule has 1 rings (SSSR count). The molecule has 0 aliphatic heterocycles. The molecule has 6 nitrogen and oxygen atoms in total. The minimum Gasteiger partial charge on any atom is -0.469 e. The number of Topliss-reactive ketones (excluding diaryl/α,β-unsaturated/α-hetero) is 1. The maximum absolute atomic E-state index is 12.4. The average molecular weight is 349 g/mol. The molecule has 0 heterocycles. The normalized spacial score (nSPS) is 11.7. The Labute approximate surface area is 148 Å². The third kappa shape index (κ3) is 7.05. The van der Waals surface area contributed by atoms with E-state index in [1.165, 1.54) is 12.0 Å². The van der Waals surface area contributed by atoms with Crippen LogP contribution in [-0.2, 0) is 14.3 Å². The number of rotatable bonds is 10. The first kappa shape index (κ1) is 20.8. The van der Waals surface area contributed by atoms with E-state index < -0.39 is 11.9 Å². The van der Waals surface area contributed by atoms with Gasteiger partial charge < -0.3 is 14.7 Å². The summed E-state index contributed by atoms with van der Waals surface area (Å²) in [6, 6.07) is 7.23. The van der Waals surface area contributed by atoms with Crippen molar-refractivity contribution >= 4 is 17.7 Å². The third-order valence-corrected chi connectivity index (χ3v) is 3.98. The number of ketones is 1. The minimum absolute atomic E-state index is 0.0430. The van der Waals surface area contributed by atoms with Gasteiger partial charge in [-0.2, -0.15) is 0 Å². The second kappa shape index (κ2) is 10.6. The van der Waals surface area contributed by atoms with Crippen molar-refractivity contribution < 1.29 is 24.2 Å². The number of esters is 1. The van der Waals surface area contributed by atoms with Crippen LogP contribution in [-0.4, -0.2) is 54.5 Å². The number of methoxy groups -OCH3 is 1. The van der Waals surface area contributed by atoms with Gasteiger partial charge in [-0.3, -0.25) is 14.4 Å². The molecule has 1 aromatic carbocycles. The lowest BCUT2D eigenvalue weighted by atomic mass is 10.0. The highest BCUT2D eigenvalue weighted by atomic mass is 16.5. The molecular weight excluding hydrogens is 322 g/mol. The predicted octanol–water partition coefficient (Wildman–Crippen LogP) is 1.98. The maximum Gasteiger partial charge on any atom is 0.310 e. The van der Waals surface area contributed by atoms with Gasteiger partial charge in [0.15, 0.2) is 5.78 Å². The van der Waals surface area contributed by atoms with Crippen molar-refractivity contribution in [1.82, 2.24) is 4.90 Å². The molecule has 1 unspecified atom stereocenters. The lowest BCUT2D eigenvalue weighted by molar-refractivity contribution is -0.146. The van der Waals surface area contributed by atoms with E-state index in [-0.39, 0.29) is 37.7 Å². The van der Waals surface area contributed by atoms with Crippen molar-refractivity contribution in [2.75, 3.05) is 26.8 Å². The van der Waals surface area contributed by atoms with Gasteiger partial charge in [0.1, 0.15) is 0 Å². The van der Waals surface area contributed by atoms with Crippen molar-refractivity contribution in [2.45, 2.75) is 33.1 Å². The van der Waals surface area contributed by atoms with Gasteiger partial charge in [0.05, 0.1) is 13.0 Å². The molecule has 0 saturated carbocycles. The first-order valence-electron chi connectivity index (χ1n) is 8.45. The second-order valence-corrected chi connectivity index (χ2v) is 6.13. The second-order valence-electron chi connectivity index (χ2n) is 6.13. The molecule has 6 heteroatoms. The van der Waals surface area contributed by atoms with Gasteiger partial charge in [-0.25, -0.2) is 0 Å². The van der Waals surface area contributed by atoms with Crippen LogP contribution in [0, 0.1) is 12.8 Å². The highest BCUT2D eigenvalue weighted by Crippen LogP contribution is 2.11. The van der Waals surface area contributed by atoms with Gasteiger partial charge in [0.2, 0.25) is 5.91 Å². The Morgan fingerprint density at radius 2 is 1.80 bits per heavy atom. The number of carbonyl (C=O) groups is 3. The monoisotopic (exact) mass is 349 g/mol. The summed E-state index contributed by atoms with van der Waals surface area (Å²) in [5.74, 6) is -1.14. The van der Waals surface area contributed by atoms with Gasteiger partial charge in [0, 0.05) is 38.1 Å². The van der Waals surface area contributed by atoms with Crippen molar-refractivity contribution in [3.63, 3.8) is 0 Å². The summed E-state index contributed by atoms with van der Waals surface area (Å²) < 4.78 is 4.68. The van der Waals surface area contributed by atoms with Crippen LogP contribution in [0.5, 0.6) is 0 Å². The van der Waals surface area contributed by atoms with Crippen molar-refractivity contribution in [3.05, 3.63) is 35.4 Å². The molecule has 0 aromatic heterocycles. The largest absolute Gasteiger partial charge is 0.469 e. The van der Waals surface area contributed by atoms with Crippen LogP contribution in [0.25, 0.3) is 0 Å². The van der Waals surface area contributed by atoms with E-state index in [1.54, 1.807) is 19.1 Å². The van der Waals surface area contributed by atoms with Crippen LogP contribution in [0.1, 0.15) is 42.1 Å². The van der Waals surface area contributed by atoms with Gasteiger partial charge in [-0.15, -0.1) is 0 Å². The minimum atomic E-state index is -0.458. The molecule has 0 spiro atoms. The highest BCUT2D eigenvalue weighted by Gasteiger charge is 2.21. The molecule has 1 N–H and O–H groups in total. The average Bonchev–Trinajstić information content (AvgIpc) is 2.62. The number of nitrogens with zero attached hydrogens (tertiary/aromatic N) is 1. The summed E-state index contributed by atoms with van der Waals surface area (Å²) in [7, 11) is 1.30. The third-order valence-electron chi connectivity index (χ3n) is 3.98. The molecular formula is C19H27NO5. The smallest absolute Gasteiger partial charge is 0.310 e. The summed E-state index contributed by atoms with van der Waals surface area (Å²) >= 11 is 0. The summed E-state index contributed by atoms with van der Waals surface area (Å²) in [4.78, 5) is 37.7. The van der Waals surface area contributed by atoms with Crippen molar-refractivity contribution in [2.24, 2.45) is 5.92 Å². The summed E-state index contributed by atoms with van der Waals surface area (Å²) in [5.41, 5.74) is 1.66. The molecule has 1 aromatic rings. The fourth-order valence-corrected chi connectivity index (χ4v) is 2.45. The highest BCUT2D eigenvalue weighted by molar-refractivity contribution is 5.98. The molecule has 0 radical (unpaired) electrons. The summed E-state index contributed by atoms with van der Waals surface area (Å²) in [5, 5.41) is 8.99. The zero-order chi connectivity index (χ0) is 18.8. The van der Waals surface area contributed by atoms with Crippen LogP contribution >= 0.6 is 0 Å². The van der Waals surface area contributed by atoms with Gasteiger partial charge in [0.25, 0.3) is 0 Å². The van der Waals surface area contributed by atoms with E-state index in [2.05, 4.69) is 4.74 Å². The number of carbonyl (C=O) groups excluding carboxylic acids is 3. The van der Waals surface area contributed by atoms with E-state index in [0.717, 1.165) is 5.56 Å². The first-order valence-corrected chi connectivity index (χ1v) is 8.45. The maximum atomic E-state index is 12.4. The molecule has 0 bridgehead atoms. The number of aliphatic hydroxyl groups is 1. The fraction of sp³-hybridized carbons (Fsp3) is 0.526. The molecule has 1 atom stereocenters. The molecule has 0 aliphatic rings. The number of hydrogen-bond donors (Lipinski definition) is 1. The zero-order valence-electron chi connectivity index (χ0n) is 15.2. The first-order chi connectivity index (χ1) is 11.9. The quantitative estimate of drug-likeness (QED) is 0.516. The Balaban J connectivity index is 2.62. The topological polar surface area (TPSA) is 83.9 Å². The molecule has 0 fully saturated rings. The Kier molecular flexibility index (Phi) is 8.84. The lowest BCUT2D eigenvalue weighted by Crippen LogP contribution is -2.38. The van der Waals surface area contributed by atoms with E-state index in [0.29, 0.717) is 18.5 Å². The van der Waals surface area contributed by atoms with E-state index in [1.807, 2.05) is 19.1 Å². The Bertz CT molecular complexity index is 582. The molecule has 138 valence electrons. The van der Waals surface area contributed by atoms with Crippen LogP contribution in [0.3, 0.4) is 0 Å². The Morgan fingerprint density at radius 1 is 1.16 bits per heavy atom. The standard InChI is InChI=1S/C19H27NO5/c1-14-5-7-16(8-6-14)17(22)9-10-18(23)20(11-4-12-21)13-15(2)19(24)25-3/h5-8,15,21H,4,9-13H2,1-3H3. The number of hydrogen-bond acceptors (Lipinski definition) is 5. The van der Waals surface area contributed by atoms with Crippen LogP contribution in [0.15, 0.2) is 24.3 Å². The van der Waals surface area contributed by atoms with Gasteiger partial charge in [-0.05, 0) is 13.3 Å². The van der Waals surface area contributed by atoms with Gasteiger partial charge in [-0.1, -0.05) is 36.8 Å². The van der Waals surface area contributed by atoms with E-state index in [9.17, 15) is 14.4 Å². The Hall–Kier alpha value is -2.21. The predicted molar refractivity (Wildman–Crippen MR) is 94.2 cm³/mol. The molecule has 1 amide bonds. The summed E-state index contributed by atoms with van der Waals surface area (Å²) in [6.45, 7) is 4.14. The van der Waals surface area contributed by atoms with Crippen molar-refractivity contribution in [1.29, 1.82) is 0 Å². The van der Waals surface area contributed by atoms with E-state index in [4.69, 9.17) is 5.11 Å². The number of aryl methyl sites for hydroxylation is 1. The number of aliphatic hydroxyl groups excluding tert-OH is 1. The SMILES string of the molecule is COC(=O)C(C)CN(CCCO)C(=O)CCC(=O)c1ccc(C)cc1. The van der Waals surface area contributed by atoms with Crippen LogP contribution < -0.4 is 0 Å². The summed E-state index contributed by atoms with van der Waals surface area (Å²) in [6.07, 6.45) is 0.613.